The number of carboxylic acids is 1. The van der Waals surface area contributed by atoms with E-state index in [-0.39, 0.29) is 23.7 Å². The Labute approximate surface area is 67.0 Å². The fraction of sp³-hybridized carbons (Fsp3) is 0.857. The van der Waals surface area contributed by atoms with Crippen LogP contribution >= 0.6 is 12.4 Å². The van der Waals surface area contributed by atoms with E-state index in [0.717, 1.165) is 0 Å². The normalized spacial score (nSPS) is 34.3. The highest BCUT2D eigenvalue weighted by Crippen LogP contribution is 2.57. The molecular weight excluding hydrogens is 152 g/mol. The van der Waals surface area contributed by atoms with Crippen LogP contribution in [0.1, 0.15) is 20.8 Å². The summed E-state index contributed by atoms with van der Waals surface area (Å²) in [6.45, 7) is 5.98. The Bertz CT molecular complexity index is 154. The molecule has 1 rings (SSSR count). The second kappa shape index (κ2) is 2.42. The number of halogens is 1. The van der Waals surface area contributed by atoms with Crippen molar-refractivity contribution in [2.75, 3.05) is 0 Å². The van der Waals surface area contributed by atoms with Gasteiger partial charge in [-0.05, 0) is 11.3 Å². The van der Waals surface area contributed by atoms with Crippen LogP contribution in [-0.2, 0) is 4.79 Å². The van der Waals surface area contributed by atoms with E-state index in [9.17, 15) is 4.79 Å². The van der Waals surface area contributed by atoms with Gasteiger partial charge < -0.3 is 5.11 Å². The first kappa shape index (κ1) is 9.76. The molecule has 0 saturated heterocycles. The predicted octanol–water partition coefficient (Wildman–Crippen LogP) is 1.78. The monoisotopic (exact) mass is 164 g/mol. The molecule has 60 valence electrons. The summed E-state index contributed by atoms with van der Waals surface area (Å²) in [6, 6.07) is 0. The molecular formula is C7H13ClO2. The average Bonchev–Trinajstić information content (AvgIpc) is 2.07. The second-order valence-corrected chi connectivity index (χ2v) is 3.43. The van der Waals surface area contributed by atoms with Crippen molar-refractivity contribution < 1.29 is 9.90 Å². The Morgan fingerprint density at radius 3 is 1.80 bits per heavy atom. The molecule has 1 saturated carbocycles. The molecule has 1 N–H and O–H groups in total. The minimum atomic E-state index is -0.646. The average molecular weight is 165 g/mol. The van der Waals surface area contributed by atoms with Crippen LogP contribution in [0, 0.1) is 17.3 Å². The van der Waals surface area contributed by atoms with Crippen molar-refractivity contribution in [3.63, 3.8) is 0 Å². The molecule has 0 amide bonds. The van der Waals surface area contributed by atoms with Crippen LogP contribution in [0.2, 0.25) is 0 Å². The maximum Gasteiger partial charge on any atom is 0.307 e. The zero-order chi connectivity index (χ0) is 7.23. The third kappa shape index (κ3) is 1.12. The first-order chi connectivity index (χ1) is 3.98. The van der Waals surface area contributed by atoms with Crippen molar-refractivity contribution in [3.05, 3.63) is 0 Å². The highest BCUT2D eigenvalue weighted by molar-refractivity contribution is 5.85. The summed E-state index contributed by atoms with van der Waals surface area (Å²) in [4.78, 5) is 10.4. The van der Waals surface area contributed by atoms with Crippen LogP contribution in [0.4, 0.5) is 0 Å². The molecule has 1 aliphatic carbocycles. The van der Waals surface area contributed by atoms with Crippen LogP contribution in [0.25, 0.3) is 0 Å². The van der Waals surface area contributed by atoms with Gasteiger partial charge in [0.05, 0.1) is 5.92 Å². The van der Waals surface area contributed by atoms with E-state index < -0.39 is 5.97 Å². The van der Waals surface area contributed by atoms with Gasteiger partial charge in [0.25, 0.3) is 0 Å². The lowest BCUT2D eigenvalue weighted by Gasteiger charge is -1.95. The smallest absolute Gasteiger partial charge is 0.307 e. The van der Waals surface area contributed by atoms with E-state index >= 15 is 0 Å². The molecule has 1 aliphatic rings. The van der Waals surface area contributed by atoms with E-state index in [0.29, 0.717) is 5.92 Å². The Morgan fingerprint density at radius 2 is 1.80 bits per heavy atom. The van der Waals surface area contributed by atoms with Gasteiger partial charge in [-0.15, -0.1) is 12.4 Å². The fourth-order valence-electron chi connectivity index (χ4n) is 1.43. The fourth-order valence-corrected chi connectivity index (χ4v) is 1.43. The number of carbonyl (C=O) groups is 1. The van der Waals surface area contributed by atoms with E-state index in [1.807, 2.05) is 20.8 Å². The summed E-state index contributed by atoms with van der Waals surface area (Å²) >= 11 is 0. The summed E-state index contributed by atoms with van der Waals surface area (Å²) in [5.41, 5.74) is 0.0475. The summed E-state index contributed by atoms with van der Waals surface area (Å²) < 4.78 is 0. The predicted molar refractivity (Wildman–Crippen MR) is 41.3 cm³/mol. The van der Waals surface area contributed by atoms with Crippen molar-refractivity contribution >= 4 is 18.4 Å². The van der Waals surface area contributed by atoms with Gasteiger partial charge in [-0.1, -0.05) is 20.8 Å². The molecule has 0 aliphatic heterocycles. The second-order valence-electron chi connectivity index (χ2n) is 3.43. The molecule has 3 heteroatoms. The summed E-state index contributed by atoms with van der Waals surface area (Å²) in [5.74, 6) is -0.389. The maximum atomic E-state index is 10.4. The third-order valence-corrected chi connectivity index (χ3v) is 2.63. The minimum Gasteiger partial charge on any atom is -0.481 e. The molecule has 0 radical (unpaired) electrons. The molecule has 0 spiro atoms. The Morgan fingerprint density at radius 1 is 1.50 bits per heavy atom. The zero-order valence-electron chi connectivity index (χ0n) is 6.42. The zero-order valence-corrected chi connectivity index (χ0v) is 7.23. The van der Waals surface area contributed by atoms with E-state index in [1.54, 1.807) is 0 Å². The lowest BCUT2D eigenvalue weighted by Crippen LogP contribution is -2.02. The van der Waals surface area contributed by atoms with Crippen molar-refractivity contribution in [2.24, 2.45) is 17.3 Å². The van der Waals surface area contributed by atoms with Gasteiger partial charge in [-0.25, -0.2) is 0 Å². The third-order valence-electron chi connectivity index (χ3n) is 2.63. The van der Waals surface area contributed by atoms with Crippen molar-refractivity contribution in [1.29, 1.82) is 0 Å². The molecule has 0 heterocycles. The van der Waals surface area contributed by atoms with Gasteiger partial charge in [0.2, 0.25) is 0 Å². The highest BCUT2D eigenvalue weighted by Gasteiger charge is 2.59. The highest BCUT2D eigenvalue weighted by atomic mass is 35.5. The van der Waals surface area contributed by atoms with Crippen molar-refractivity contribution in [2.45, 2.75) is 20.8 Å². The molecule has 2 nitrogen and oxygen atoms in total. The van der Waals surface area contributed by atoms with Gasteiger partial charge in [0, 0.05) is 0 Å². The van der Waals surface area contributed by atoms with Gasteiger partial charge in [-0.2, -0.15) is 0 Å². The number of carboxylic acid groups (broad SMARTS) is 1. The van der Waals surface area contributed by atoms with Crippen LogP contribution in [-0.4, -0.2) is 11.1 Å². The van der Waals surface area contributed by atoms with Gasteiger partial charge >= 0.3 is 5.97 Å². The van der Waals surface area contributed by atoms with E-state index in [2.05, 4.69) is 0 Å². The SMILES string of the molecule is CC1[C@@H](C(=O)O)C1(C)C.Cl. The molecule has 0 aromatic heterocycles. The van der Waals surface area contributed by atoms with Crippen molar-refractivity contribution in [3.8, 4) is 0 Å². The number of hydrogen-bond acceptors (Lipinski definition) is 1. The maximum absolute atomic E-state index is 10.4. The van der Waals surface area contributed by atoms with Gasteiger partial charge in [-0.3, -0.25) is 4.79 Å². The van der Waals surface area contributed by atoms with Crippen LogP contribution in [0.3, 0.4) is 0 Å². The van der Waals surface area contributed by atoms with Crippen LogP contribution < -0.4 is 0 Å². The molecule has 1 unspecified atom stereocenters. The standard InChI is InChI=1S/C7H12O2.ClH/c1-4-5(6(8)9)7(4,2)3;/h4-5H,1-3H3,(H,8,9);1H/t4?,5-;/m0./s1. The Kier molecular flexibility index (Phi) is 2.36. The molecule has 1 fully saturated rings. The summed E-state index contributed by atoms with van der Waals surface area (Å²) in [5, 5.41) is 8.56. The van der Waals surface area contributed by atoms with E-state index in [4.69, 9.17) is 5.11 Å². The van der Waals surface area contributed by atoms with Crippen LogP contribution in [0.15, 0.2) is 0 Å². The van der Waals surface area contributed by atoms with Gasteiger partial charge in [0.1, 0.15) is 0 Å². The molecule has 10 heavy (non-hydrogen) atoms. The Balaban J connectivity index is 0.000000810. The first-order valence-corrected chi connectivity index (χ1v) is 3.20. The quantitative estimate of drug-likeness (QED) is 0.642. The van der Waals surface area contributed by atoms with E-state index in [1.165, 1.54) is 0 Å². The number of rotatable bonds is 1. The van der Waals surface area contributed by atoms with Crippen molar-refractivity contribution in [1.82, 2.24) is 0 Å². The van der Waals surface area contributed by atoms with Crippen LogP contribution in [0.5, 0.6) is 0 Å². The topological polar surface area (TPSA) is 37.3 Å². The number of aliphatic carboxylic acids is 1. The first-order valence-electron chi connectivity index (χ1n) is 3.20. The Hall–Kier alpha value is -0.240. The molecule has 0 bridgehead atoms. The molecule has 2 atom stereocenters. The minimum absolute atomic E-state index is 0. The lowest BCUT2D eigenvalue weighted by atomic mass is 10.1. The van der Waals surface area contributed by atoms with Gasteiger partial charge in [0.15, 0.2) is 0 Å². The number of hydrogen-bond donors (Lipinski definition) is 1. The summed E-state index contributed by atoms with van der Waals surface area (Å²) in [6.07, 6.45) is 0. The summed E-state index contributed by atoms with van der Waals surface area (Å²) in [7, 11) is 0. The largest absolute Gasteiger partial charge is 0.481 e. The lowest BCUT2D eigenvalue weighted by molar-refractivity contribution is -0.139. The molecule has 0 aromatic rings. The molecule has 0 aromatic carbocycles.